The fourth-order valence-electron chi connectivity index (χ4n) is 7.69. The number of nitrogens with one attached hydrogen (secondary N) is 5. The van der Waals surface area contributed by atoms with Gasteiger partial charge in [-0.2, -0.15) is 0 Å². The molecule has 1 fully saturated rings. The molecule has 0 aromatic rings. The van der Waals surface area contributed by atoms with Crippen molar-refractivity contribution in [3.8, 4) is 0 Å². The molecule has 6 atom stereocenters. The van der Waals surface area contributed by atoms with Gasteiger partial charge in [-0.15, -0.1) is 0 Å². The van der Waals surface area contributed by atoms with Crippen molar-refractivity contribution in [2.24, 2.45) is 23.5 Å². The maximum absolute atomic E-state index is 13.9. The van der Waals surface area contributed by atoms with E-state index in [1.807, 2.05) is 27.7 Å². The zero-order valence-corrected chi connectivity index (χ0v) is 38.9. The number of aliphatic hydroxyl groups excluding tert-OH is 2. The molecule has 0 saturated carbocycles. The normalized spacial score (nSPS) is 17.4. The summed E-state index contributed by atoms with van der Waals surface area (Å²) in [5.74, 6) is -4.53. The number of carbonyl (C=O) groups is 7. The van der Waals surface area contributed by atoms with Gasteiger partial charge < -0.3 is 47.4 Å². The van der Waals surface area contributed by atoms with Gasteiger partial charge >= 0.3 is 0 Å². The third-order valence-electron chi connectivity index (χ3n) is 11.1. The van der Waals surface area contributed by atoms with Gasteiger partial charge in [-0.1, -0.05) is 113 Å². The fourth-order valence-corrected chi connectivity index (χ4v) is 7.69. The lowest BCUT2D eigenvalue weighted by Gasteiger charge is -2.34. The van der Waals surface area contributed by atoms with E-state index in [4.69, 9.17) is 5.73 Å². The van der Waals surface area contributed by atoms with E-state index in [1.165, 1.54) is 49.8 Å². The highest BCUT2D eigenvalue weighted by Gasteiger charge is 2.45. The number of nitrogens with zero attached hydrogens (tertiary/aromatic N) is 1. The fraction of sp³-hybridized carbons (Fsp3) is 0.844. The number of amides is 7. The Hall–Kier alpha value is -3.79. The van der Waals surface area contributed by atoms with Gasteiger partial charge in [0.2, 0.25) is 41.4 Å². The van der Waals surface area contributed by atoms with Crippen LogP contribution in [-0.2, 0) is 33.6 Å². The number of hydrogen-bond acceptors (Lipinski definition) is 9. The molecule has 9 N–H and O–H groups in total. The molecule has 0 aromatic heterocycles. The molecular weight excluding hydrogens is 783 g/mol. The van der Waals surface area contributed by atoms with E-state index < -0.39 is 83.2 Å². The Morgan fingerprint density at radius 2 is 1.25 bits per heavy atom. The predicted octanol–water partition coefficient (Wildman–Crippen LogP) is 3.49. The molecule has 1 heterocycles. The first-order valence-corrected chi connectivity index (χ1v) is 23.0. The van der Waals surface area contributed by atoms with Gasteiger partial charge in [-0.25, -0.2) is 0 Å². The smallest absolute Gasteiger partial charge is 0.248 e. The Morgan fingerprint density at radius 1 is 0.705 bits per heavy atom. The van der Waals surface area contributed by atoms with Crippen molar-refractivity contribution in [3.05, 3.63) is 0 Å². The maximum Gasteiger partial charge on any atom is 0.248 e. The van der Waals surface area contributed by atoms with Gasteiger partial charge in [0.15, 0.2) is 0 Å². The van der Waals surface area contributed by atoms with E-state index in [9.17, 15) is 43.8 Å². The molecule has 0 radical (unpaired) electrons. The second-order valence-corrected chi connectivity index (χ2v) is 18.8. The summed E-state index contributed by atoms with van der Waals surface area (Å²) in [5, 5.41) is 34.1. The first-order valence-electron chi connectivity index (χ1n) is 23.0. The molecule has 1 saturated heterocycles. The van der Waals surface area contributed by atoms with Crippen LogP contribution in [0.4, 0.5) is 0 Å². The summed E-state index contributed by atoms with van der Waals surface area (Å²) in [7, 11) is 0. The van der Waals surface area contributed by atoms with E-state index in [2.05, 4.69) is 33.5 Å². The predicted molar refractivity (Wildman–Crippen MR) is 236 cm³/mol. The van der Waals surface area contributed by atoms with Crippen LogP contribution in [0.25, 0.3) is 0 Å². The lowest BCUT2D eigenvalue weighted by Crippen LogP contribution is -2.61. The van der Waals surface area contributed by atoms with Gasteiger partial charge in [-0.3, -0.25) is 33.6 Å². The van der Waals surface area contributed by atoms with Crippen LogP contribution in [0, 0.1) is 17.8 Å². The van der Waals surface area contributed by atoms with Crippen LogP contribution >= 0.6 is 0 Å². The molecular formula is C45H83N7O9. The molecule has 16 heteroatoms. The molecule has 352 valence electrons. The summed E-state index contributed by atoms with van der Waals surface area (Å²) >= 11 is 0. The van der Waals surface area contributed by atoms with Crippen molar-refractivity contribution in [3.63, 3.8) is 0 Å². The van der Waals surface area contributed by atoms with Crippen molar-refractivity contribution in [1.82, 2.24) is 31.5 Å². The molecule has 0 spiro atoms. The van der Waals surface area contributed by atoms with Crippen LogP contribution in [0.2, 0.25) is 0 Å². The van der Waals surface area contributed by atoms with Crippen LogP contribution in [0.5, 0.6) is 0 Å². The molecule has 6 unspecified atom stereocenters. The molecule has 0 aliphatic carbocycles. The van der Waals surface area contributed by atoms with Crippen LogP contribution in [-0.4, -0.2) is 111 Å². The Balaban J connectivity index is 2.99. The summed E-state index contributed by atoms with van der Waals surface area (Å²) in [4.78, 5) is 94.5. The lowest BCUT2D eigenvalue weighted by atomic mass is 9.98. The lowest BCUT2D eigenvalue weighted by molar-refractivity contribution is -0.145. The second kappa shape index (κ2) is 28.7. The number of carbonyl (C=O) groups excluding carboxylic acids is 7. The number of hydrogen-bond donors (Lipinski definition) is 8. The number of nitrogens with two attached hydrogens (primary N) is 1. The summed E-state index contributed by atoms with van der Waals surface area (Å²) in [5.41, 5.74) is 3.98. The van der Waals surface area contributed by atoms with Crippen molar-refractivity contribution >= 4 is 41.4 Å². The number of aliphatic hydroxyl groups is 2. The third-order valence-corrected chi connectivity index (χ3v) is 11.1. The summed E-state index contributed by atoms with van der Waals surface area (Å²) < 4.78 is 0. The van der Waals surface area contributed by atoms with E-state index >= 15 is 0 Å². The third kappa shape index (κ3) is 21.7. The second-order valence-electron chi connectivity index (χ2n) is 18.8. The van der Waals surface area contributed by atoms with Crippen LogP contribution < -0.4 is 32.3 Å². The topological polar surface area (TPSA) is 249 Å². The van der Waals surface area contributed by atoms with E-state index in [0.717, 1.165) is 19.3 Å². The summed E-state index contributed by atoms with van der Waals surface area (Å²) in [6.07, 6.45) is 12.2. The maximum atomic E-state index is 13.9. The number of primary amides is 1. The van der Waals surface area contributed by atoms with E-state index in [-0.39, 0.29) is 63.0 Å². The number of unbranched alkanes of at least 4 members (excludes halogenated alkanes) is 10. The standard InChI is InChI=1S/C45H83N7O9/c1-10-11-12-13-14-15-16-17-18-19-20-21-38(56)51-45(8,9)44(61)52-27-33(54)26-36(52)42(59)49-35(25-30(4)5)41(58)50-39(31(6)7)43(60)48-34(22-23-37(46)55)40(57)47-32(28-53)24-29(2)3/h29-36,39,53-54H,10-28H2,1-9H3,(H2,46,55)(H,47,57)(H,48,60)(H,49,59)(H,50,58)(H,51,56). The van der Waals surface area contributed by atoms with Crippen LogP contribution in [0.15, 0.2) is 0 Å². The first-order chi connectivity index (χ1) is 28.6. The quantitative estimate of drug-likeness (QED) is 0.0475. The number of rotatable bonds is 31. The average Bonchev–Trinajstić information content (AvgIpc) is 3.56. The minimum atomic E-state index is -1.37. The van der Waals surface area contributed by atoms with Gasteiger partial charge in [0.05, 0.1) is 18.8 Å². The van der Waals surface area contributed by atoms with Crippen molar-refractivity contribution in [2.75, 3.05) is 13.2 Å². The zero-order chi connectivity index (χ0) is 46.3. The Morgan fingerprint density at radius 3 is 1.75 bits per heavy atom. The highest BCUT2D eigenvalue weighted by atomic mass is 16.3. The van der Waals surface area contributed by atoms with Gasteiger partial charge in [0.25, 0.3) is 0 Å². The van der Waals surface area contributed by atoms with Crippen molar-refractivity contribution < 1.29 is 43.8 Å². The monoisotopic (exact) mass is 866 g/mol. The molecule has 16 nitrogen and oxygen atoms in total. The molecule has 61 heavy (non-hydrogen) atoms. The first kappa shape index (κ1) is 55.2. The molecule has 0 bridgehead atoms. The molecule has 7 amide bonds. The van der Waals surface area contributed by atoms with Gasteiger partial charge in [0.1, 0.15) is 29.7 Å². The summed E-state index contributed by atoms with van der Waals surface area (Å²) in [6, 6.07) is -5.19. The summed E-state index contributed by atoms with van der Waals surface area (Å²) in [6.45, 7) is 15.9. The Bertz CT molecular complexity index is 1390. The molecule has 1 aliphatic heterocycles. The minimum Gasteiger partial charge on any atom is -0.394 e. The Labute approximate surface area is 365 Å². The van der Waals surface area contributed by atoms with E-state index in [0.29, 0.717) is 12.8 Å². The number of β-amino-alcohol motifs (C(OH)–C–C–N with tert-alkyl or cyclic N) is 1. The SMILES string of the molecule is CCCCCCCCCCCCCC(=O)NC(C)(C)C(=O)N1CC(O)CC1C(=O)NC(CC(C)C)C(=O)NC(C(=O)NC(CCC(N)=O)C(=O)NC(CO)CC(C)C)C(C)C. The zero-order valence-electron chi connectivity index (χ0n) is 38.9. The highest BCUT2D eigenvalue weighted by Crippen LogP contribution is 2.23. The van der Waals surface area contributed by atoms with Crippen molar-refractivity contribution in [2.45, 2.75) is 213 Å². The number of likely N-dealkylation sites (tertiary alicyclic amines) is 1. The van der Waals surface area contributed by atoms with E-state index in [1.54, 1.807) is 27.7 Å². The van der Waals surface area contributed by atoms with Crippen LogP contribution in [0.3, 0.4) is 0 Å². The molecule has 1 aliphatic rings. The highest BCUT2D eigenvalue weighted by molar-refractivity contribution is 5.97. The minimum absolute atomic E-state index is 0.0730. The Kier molecular flexibility index (Phi) is 26.0. The van der Waals surface area contributed by atoms with Crippen molar-refractivity contribution in [1.29, 1.82) is 0 Å². The van der Waals surface area contributed by atoms with Crippen LogP contribution in [0.1, 0.15) is 171 Å². The van der Waals surface area contributed by atoms with Gasteiger partial charge in [-0.05, 0) is 57.3 Å². The largest absolute Gasteiger partial charge is 0.394 e. The van der Waals surface area contributed by atoms with Gasteiger partial charge in [0, 0.05) is 25.8 Å². The molecule has 0 aromatic carbocycles. The average molecular weight is 866 g/mol. The molecule has 1 rings (SSSR count).